The normalized spacial score (nSPS) is 19.1. The quantitative estimate of drug-likeness (QED) is 0.591. The predicted octanol–water partition coefficient (Wildman–Crippen LogP) is 4.14. The van der Waals surface area contributed by atoms with E-state index in [2.05, 4.69) is 38.3 Å². The first kappa shape index (κ1) is 17.9. The molecule has 0 unspecified atom stereocenters. The summed E-state index contributed by atoms with van der Waals surface area (Å²) in [5.41, 5.74) is 2.99. The number of benzene rings is 2. The number of nitrogens with one attached hydrogen (secondary N) is 1. The highest BCUT2D eigenvalue weighted by Crippen LogP contribution is 2.24. The highest BCUT2D eigenvalue weighted by Gasteiger charge is 2.34. The lowest BCUT2D eigenvalue weighted by molar-refractivity contribution is -0.113. The number of anilines is 1. The lowest BCUT2D eigenvalue weighted by atomic mass is 10.1. The molecule has 4 rings (SSSR count). The fourth-order valence-corrected chi connectivity index (χ4v) is 3.71. The Hall–Kier alpha value is -2.44. The summed E-state index contributed by atoms with van der Waals surface area (Å²) in [7, 11) is 0. The van der Waals surface area contributed by atoms with Crippen molar-refractivity contribution in [2.24, 2.45) is 0 Å². The Morgan fingerprint density at radius 3 is 2.30 bits per heavy atom. The molecule has 2 fully saturated rings. The summed E-state index contributed by atoms with van der Waals surface area (Å²) in [4.78, 5) is 28.5. The van der Waals surface area contributed by atoms with Crippen LogP contribution in [-0.2, 0) is 11.3 Å². The Bertz CT molecular complexity index is 885. The molecule has 2 aliphatic rings. The van der Waals surface area contributed by atoms with E-state index < -0.39 is 6.03 Å². The first-order valence-corrected chi connectivity index (χ1v) is 9.83. The van der Waals surface area contributed by atoms with Crippen molar-refractivity contribution in [2.45, 2.75) is 19.4 Å². The Balaban J connectivity index is 1.49. The smallest absolute Gasteiger partial charge is 0.302 e. The Labute approximate surface area is 166 Å². The fraction of sp³-hybridized carbons (Fsp3) is 0.238. The van der Waals surface area contributed by atoms with Gasteiger partial charge in [0.1, 0.15) is 5.70 Å². The zero-order valence-corrected chi connectivity index (χ0v) is 16.4. The van der Waals surface area contributed by atoms with Crippen LogP contribution in [0.2, 0.25) is 0 Å². The summed E-state index contributed by atoms with van der Waals surface area (Å²) in [5, 5.41) is 2.67. The molecule has 0 radical (unpaired) electrons. The van der Waals surface area contributed by atoms with Crippen LogP contribution in [0.4, 0.5) is 10.5 Å². The topological polar surface area (TPSA) is 52.7 Å². The van der Waals surface area contributed by atoms with Crippen LogP contribution in [0.15, 0.2) is 58.7 Å². The second-order valence-electron chi connectivity index (χ2n) is 6.83. The minimum atomic E-state index is -0.431. The molecule has 2 heterocycles. The van der Waals surface area contributed by atoms with Crippen molar-refractivity contribution in [3.05, 3.63) is 69.8 Å². The molecule has 0 atom stereocenters. The van der Waals surface area contributed by atoms with Crippen molar-refractivity contribution in [1.82, 2.24) is 10.2 Å². The first-order chi connectivity index (χ1) is 13.1. The maximum absolute atomic E-state index is 12.7. The summed E-state index contributed by atoms with van der Waals surface area (Å²) < 4.78 is 0.892. The van der Waals surface area contributed by atoms with Gasteiger partial charge in [0, 0.05) is 11.0 Å². The molecule has 1 N–H and O–H groups in total. The van der Waals surface area contributed by atoms with Gasteiger partial charge in [-0.15, -0.1) is 0 Å². The van der Waals surface area contributed by atoms with E-state index in [1.54, 1.807) is 30.3 Å². The molecule has 2 aliphatic heterocycles. The van der Waals surface area contributed by atoms with E-state index in [4.69, 9.17) is 0 Å². The van der Waals surface area contributed by atoms with E-state index in [1.165, 1.54) is 18.4 Å². The number of carbonyl (C=O) groups is 2. The molecule has 2 aromatic carbocycles. The Morgan fingerprint density at radius 2 is 1.63 bits per heavy atom. The maximum Gasteiger partial charge on any atom is 0.333 e. The van der Waals surface area contributed by atoms with Crippen molar-refractivity contribution >= 4 is 39.6 Å². The van der Waals surface area contributed by atoms with Gasteiger partial charge in [-0.2, -0.15) is 0 Å². The summed E-state index contributed by atoms with van der Waals surface area (Å²) in [6.07, 6.45) is 4.28. The first-order valence-electron chi connectivity index (χ1n) is 9.04. The number of carbonyl (C=O) groups excluding carboxylic acids is 2. The number of hydrogen-bond acceptors (Lipinski definition) is 3. The molecule has 6 heteroatoms. The standard InChI is InChI=1S/C21H20BrN3O2/c22-17-7-9-18(10-8-17)25-20(26)19(23-21(25)27)13-15-3-5-16(6-4-15)14-24-11-1-2-12-24/h3-10,13H,1-2,11-12,14H2,(H,23,27). The summed E-state index contributed by atoms with van der Waals surface area (Å²) in [6, 6.07) is 14.8. The van der Waals surface area contributed by atoms with Crippen molar-refractivity contribution in [2.75, 3.05) is 18.0 Å². The average Bonchev–Trinajstić information content (AvgIpc) is 3.26. The highest BCUT2D eigenvalue weighted by molar-refractivity contribution is 9.10. The molecule has 138 valence electrons. The van der Waals surface area contributed by atoms with Crippen molar-refractivity contribution in [3.63, 3.8) is 0 Å². The van der Waals surface area contributed by atoms with Crippen LogP contribution < -0.4 is 10.2 Å². The fourth-order valence-electron chi connectivity index (χ4n) is 3.44. The molecule has 2 aromatic rings. The largest absolute Gasteiger partial charge is 0.333 e. The van der Waals surface area contributed by atoms with E-state index in [0.29, 0.717) is 5.69 Å². The molecule has 0 aromatic heterocycles. The van der Waals surface area contributed by atoms with Crippen LogP contribution in [0.25, 0.3) is 6.08 Å². The van der Waals surface area contributed by atoms with Gasteiger partial charge in [-0.25, -0.2) is 9.69 Å². The minimum absolute atomic E-state index is 0.287. The minimum Gasteiger partial charge on any atom is -0.302 e. The third-order valence-electron chi connectivity index (χ3n) is 4.86. The van der Waals surface area contributed by atoms with Crippen LogP contribution in [0.1, 0.15) is 24.0 Å². The third kappa shape index (κ3) is 3.96. The van der Waals surface area contributed by atoms with Gasteiger partial charge in [0.15, 0.2) is 0 Å². The number of amides is 3. The van der Waals surface area contributed by atoms with Crippen LogP contribution in [0.5, 0.6) is 0 Å². The molecule has 0 bridgehead atoms. The molecule has 0 aliphatic carbocycles. The van der Waals surface area contributed by atoms with E-state index in [-0.39, 0.29) is 11.6 Å². The number of nitrogens with zero attached hydrogens (tertiary/aromatic N) is 2. The third-order valence-corrected chi connectivity index (χ3v) is 5.39. The van der Waals surface area contributed by atoms with Gasteiger partial charge >= 0.3 is 6.03 Å². The Kier molecular flexibility index (Phi) is 5.09. The second-order valence-corrected chi connectivity index (χ2v) is 7.75. The monoisotopic (exact) mass is 425 g/mol. The summed E-state index contributed by atoms with van der Waals surface area (Å²) >= 11 is 3.36. The van der Waals surface area contributed by atoms with Crippen molar-refractivity contribution < 1.29 is 9.59 Å². The van der Waals surface area contributed by atoms with Crippen molar-refractivity contribution in [3.8, 4) is 0 Å². The molecule has 0 saturated carbocycles. The van der Waals surface area contributed by atoms with Gasteiger partial charge in [-0.3, -0.25) is 9.69 Å². The van der Waals surface area contributed by atoms with E-state index in [0.717, 1.165) is 34.6 Å². The molecule has 27 heavy (non-hydrogen) atoms. The second kappa shape index (κ2) is 7.66. The zero-order valence-electron chi connectivity index (χ0n) is 14.8. The van der Waals surface area contributed by atoms with E-state index >= 15 is 0 Å². The van der Waals surface area contributed by atoms with Crippen molar-refractivity contribution in [1.29, 1.82) is 0 Å². The van der Waals surface area contributed by atoms with E-state index in [9.17, 15) is 9.59 Å². The molecule has 3 amide bonds. The zero-order chi connectivity index (χ0) is 18.8. The molecule has 0 spiro atoms. The van der Waals surface area contributed by atoms with Gasteiger partial charge < -0.3 is 5.32 Å². The van der Waals surface area contributed by atoms with Gasteiger partial charge in [-0.05, 0) is 67.4 Å². The summed E-state index contributed by atoms with van der Waals surface area (Å²) in [6.45, 7) is 3.29. The van der Waals surface area contributed by atoms with E-state index in [1.807, 2.05) is 12.1 Å². The number of halogens is 1. The van der Waals surface area contributed by atoms with Crippen LogP contribution in [0.3, 0.4) is 0 Å². The van der Waals surface area contributed by atoms with Crippen LogP contribution in [-0.4, -0.2) is 29.9 Å². The van der Waals surface area contributed by atoms with Crippen LogP contribution >= 0.6 is 15.9 Å². The van der Waals surface area contributed by atoms with Gasteiger partial charge in [0.05, 0.1) is 5.69 Å². The lowest BCUT2D eigenvalue weighted by Crippen LogP contribution is -2.30. The SMILES string of the molecule is O=C1NC(=Cc2ccc(CN3CCCC3)cc2)C(=O)N1c1ccc(Br)cc1. The van der Waals surface area contributed by atoms with Gasteiger partial charge in [-0.1, -0.05) is 40.2 Å². The maximum atomic E-state index is 12.7. The van der Waals surface area contributed by atoms with Gasteiger partial charge in [0.25, 0.3) is 5.91 Å². The molecule has 5 nitrogen and oxygen atoms in total. The highest BCUT2D eigenvalue weighted by atomic mass is 79.9. The number of likely N-dealkylation sites (tertiary alicyclic amines) is 1. The Morgan fingerprint density at radius 1 is 0.963 bits per heavy atom. The van der Waals surface area contributed by atoms with Gasteiger partial charge in [0.2, 0.25) is 0 Å². The number of hydrogen-bond donors (Lipinski definition) is 1. The summed E-state index contributed by atoms with van der Waals surface area (Å²) in [5.74, 6) is -0.344. The number of urea groups is 1. The molecular weight excluding hydrogens is 406 g/mol. The number of imide groups is 1. The average molecular weight is 426 g/mol. The molecular formula is C21H20BrN3O2. The molecule has 2 saturated heterocycles. The van der Waals surface area contributed by atoms with Crippen LogP contribution in [0, 0.1) is 0 Å². The predicted molar refractivity (Wildman–Crippen MR) is 109 cm³/mol. The lowest BCUT2D eigenvalue weighted by Gasteiger charge is -2.14. The number of rotatable bonds is 4.